The second-order valence-electron chi connectivity index (χ2n) is 6.26. The van der Waals surface area contributed by atoms with E-state index in [-0.39, 0.29) is 12.1 Å². The molecule has 0 unspecified atom stereocenters. The highest BCUT2D eigenvalue weighted by molar-refractivity contribution is 7.80. The lowest BCUT2D eigenvalue weighted by Crippen LogP contribution is -2.29. The van der Waals surface area contributed by atoms with Gasteiger partial charge in [0.1, 0.15) is 5.75 Å². The minimum absolute atomic E-state index is 0.00411. The SMILES string of the molecule is COc1ccc(N2C(=S)N[C@@H](c3ccccn3)[C@@H]2c2ccc(C)s2)cc1Cl. The maximum atomic E-state index is 6.38. The van der Waals surface area contributed by atoms with Gasteiger partial charge in [0, 0.05) is 21.6 Å². The summed E-state index contributed by atoms with van der Waals surface area (Å²) in [4.78, 5) is 9.16. The van der Waals surface area contributed by atoms with Gasteiger partial charge in [0.25, 0.3) is 0 Å². The van der Waals surface area contributed by atoms with Crippen LogP contribution < -0.4 is 15.0 Å². The van der Waals surface area contributed by atoms with Crippen LogP contribution in [0.1, 0.15) is 27.5 Å². The smallest absolute Gasteiger partial charge is 0.174 e. The quantitative estimate of drug-likeness (QED) is 0.586. The number of rotatable bonds is 4. The van der Waals surface area contributed by atoms with E-state index >= 15 is 0 Å². The van der Waals surface area contributed by atoms with Gasteiger partial charge in [0.2, 0.25) is 0 Å². The van der Waals surface area contributed by atoms with Crippen molar-refractivity contribution in [2.75, 3.05) is 12.0 Å². The van der Waals surface area contributed by atoms with Gasteiger partial charge in [-0.15, -0.1) is 11.3 Å². The molecular weight excluding hydrogens is 398 g/mol. The Morgan fingerprint density at radius 1 is 1.22 bits per heavy atom. The van der Waals surface area contributed by atoms with Crippen LogP contribution in [0.3, 0.4) is 0 Å². The molecule has 0 aliphatic carbocycles. The van der Waals surface area contributed by atoms with E-state index in [1.54, 1.807) is 18.4 Å². The molecule has 138 valence electrons. The van der Waals surface area contributed by atoms with Crippen LogP contribution in [0.25, 0.3) is 0 Å². The van der Waals surface area contributed by atoms with Crippen molar-refractivity contribution in [3.8, 4) is 5.75 Å². The topological polar surface area (TPSA) is 37.4 Å². The van der Waals surface area contributed by atoms with Crippen LogP contribution in [0.2, 0.25) is 5.02 Å². The third-order valence-electron chi connectivity index (χ3n) is 4.56. The zero-order valence-electron chi connectivity index (χ0n) is 14.8. The molecule has 0 radical (unpaired) electrons. The summed E-state index contributed by atoms with van der Waals surface area (Å²) in [6.45, 7) is 2.11. The number of nitrogens with zero attached hydrogens (tertiary/aromatic N) is 2. The number of anilines is 1. The van der Waals surface area contributed by atoms with Crippen LogP contribution in [-0.4, -0.2) is 17.2 Å². The number of hydrogen-bond acceptors (Lipinski definition) is 4. The van der Waals surface area contributed by atoms with Crippen molar-refractivity contribution in [2.24, 2.45) is 0 Å². The molecule has 0 amide bonds. The molecule has 1 aliphatic heterocycles. The van der Waals surface area contributed by atoms with E-state index < -0.39 is 0 Å². The Hall–Kier alpha value is -2.15. The molecule has 1 saturated heterocycles. The fourth-order valence-electron chi connectivity index (χ4n) is 3.34. The maximum Gasteiger partial charge on any atom is 0.174 e. The van der Waals surface area contributed by atoms with Crippen molar-refractivity contribution in [2.45, 2.75) is 19.0 Å². The van der Waals surface area contributed by atoms with Gasteiger partial charge in [0.15, 0.2) is 5.11 Å². The Morgan fingerprint density at radius 3 is 2.70 bits per heavy atom. The third-order valence-corrected chi connectivity index (χ3v) is 6.25. The molecule has 2 aromatic heterocycles. The van der Waals surface area contributed by atoms with Crippen molar-refractivity contribution in [1.29, 1.82) is 0 Å². The molecule has 7 heteroatoms. The molecule has 4 rings (SSSR count). The Balaban J connectivity index is 1.81. The molecule has 1 aromatic carbocycles. The summed E-state index contributed by atoms with van der Waals surface area (Å²) >= 11 is 13.9. The standard InChI is InChI=1S/C20H18ClN3OS2/c1-12-6-9-17(27-12)19-18(15-5-3-4-10-22-15)23-20(26)24(19)13-7-8-16(25-2)14(21)11-13/h3-11,18-19H,1-2H3,(H,23,26)/t18-,19-/m0/s1. The predicted molar refractivity (Wildman–Crippen MR) is 115 cm³/mol. The van der Waals surface area contributed by atoms with Gasteiger partial charge in [-0.3, -0.25) is 4.98 Å². The number of thiocarbonyl (C=S) groups is 1. The predicted octanol–water partition coefficient (Wildman–Crippen LogP) is 5.29. The average molecular weight is 416 g/mol. The zero-order chi connectivity index (χ0) is 19.0. The largest absolute Gasteiger partial charge is 0.495 e. The van der Waals surface area contributed by atoms with Crippen LogP contribution >= 0.6 is 35.2 Å². The van der Waals surface area contributed by atoms with Crippen molar-refractivity contribution < 1.29 is 4.74 Å². The van der Waals surface area contributed by atoms with Crippen molar-refractivity contribution in [3.05, 3.63) is 75.2 Å². The van der Waals surface area contributed by atoms with E-state index in [0.29, 0.717) is 15.9 Å². The van der Waals surface area contributed by atoms with Gasteiger partial charge in [-0.1, -0.05) is 17.7 Å². The average Bonchev–Trinajstić information content (AvgIpc) is 3.25. The van der Waals surface area contributed by atoms with Gasteiger partial charge in [-0.25, -0.2) is 0 Å². The lowest BCUT2D eigenvalue weighted by atomic mass is 10.0. The van der Waals surface area contributed by atoms with Crippen LogP contribution in [0.4, 0.5) is 5.69 Å². The molecule has 3 aromatic rings. The van der Waals surface area contributed by atoms with Gasteiger partial charge < -0.3 is 15.0 Å². The molecule has 1 fully saturated rings. The Kier molecular flexibility index (Phi) is 5.04. The number of thiophene rings is 1. The second-order valence-corrected chi connectivity index (χ2v) is 8.38. The molecular formula is C20H18ClN3OS2. The first-order valence-electron chi connectivity index (χ1n) is 8.49. The van der Waals surface area contributed by atoms with Crippen LogP contribution in [0.5, 0.6) is 5.75 Å². The Bertz CT molecular complexity index is 976. The number of hydrogen-bond donors (Lipinski definition) is 1. The molecule has 3 heterocycles. The number of aryl methyl sites for hydroxylation is 1. The zero-order valence-corrected chi connectivity index (χ0v) is 17.2. The molecule has 1 N–H and O–H groups in total. The van der Waals surface area contributed by atoms with E-state index in [1.807, 2.05) is 42.6 Å². The molecule has 2 atom stereocenters. The molecule has 0 saturated carbocycles. The van der Waals surface area contributed by atoms with E-state index in [9.17, 15) is 0 Å². The summed E-state index contributed by atoms with van der Waals surface area (Å²) in [5.74, 6) is 0.642. The van der Waals surface area contributed by atoms with Gasteiger partial charge in [-0.05, 0) is 61.6 Å². The number of aromatic nitrogens is 1. The lowest BCUT2D eigenvalue weighted by Gasteiger charge is -2.27. The molecule has 4 nitrogen and oxygen atoms in total. The summed E-state index contributed by atoms with van der Waals surface area (Å²) in [7, 11) is 1.61. The van der Waals surface area contributed by atoms with Gasteiger partial charge in [-0.2, -0.15) is 0 Å². The van der Waals surface area contributed by atoms with Crippen LogP contribution in [0.15, 0.2) is 54.7 Å². The second kappa shape index (κ2) is 7.46. The fraction of sp³-hybridized carbons (Fsp3) is 0.200. The first-order chi connectivity index (χ1) is 13.1. The maximum absolute atomic E-state index is 6.38. The molecule has 0 bridgehead atoms. The van der Waals surface area contributed by atoms with Gasteiger partial charge in [0.05, 0.1) is 29.9 Å². The number of benzene rings is 1. The summed E-state index contributed by atoms with van der Waals surface area (Å²) in [6.07, 6.45) is 1.81. The Labute approximate surface area is 172 Å². The molecule has 1 aliphatic rings. The van der Waals surface area contributed by atoms with Crippen molar-refractivity contribution in [1.82, 2.24) is 10.3 Å². The van der Waals surface area contributed by atoms with Crippen LogP contribution in [0, 0.1) is 6.92 Å². The summed E-state index contributed by atoms with van der Waals surface area (Å²) in [5, 5.41) is 4.66. The number of ether oxygens (including phenoxy) is 1. The van der Waals surface area contributed by atoms with E-state index in [1.165, 1.54) is 9.75 Å². The monoisotopic (exact) mass is 415 g/mol. The van der Waals surface area contributed by atoms with Crippen molar-refractivity contribution in [3.63, 3.8) is 0 Å². The first kappa shape index (κ1) is 18.2. The molecule has 0 spiro atoms. The molecule has 27 heavy (non-hydrogen) atoms. The van der Waals surface area contributed by atoms with E-state index in [4.69, 9.17) is 28.6 Å². The highest BCUT2D eigenvalue weighted by atomic mass is 35.5. The number of nitrogens with one attached hydrogen (secondary N) is 1. The van der Waals surface area contributed by atoms with E-state index in [0.717, 1.165) is 11.4 Å². The number of methoxy groups -OCH3 is 1. The summed E-state index contributed by atoms with van der Waals surface area (Å²) < 4.78 is 5.29. The number of halogens is 1. The van der Waals surface area contributed by atoms with Gasteiger partial charge >= 0.3 is 0 Å². The number of pyridine rings is 1. The Morgan fingerprint density at radius 2 is 2.07 bits per heavy atom. The third kappa shape index (κ3) is 3.40. The normalized spacial score (nSPS) is 19.2. The lowest BCUT2D eigenvalue weighted by molar-refractivity contribution is 0.415. The van der Waals surface area contributed by atoms with Crippen LogP contribution in [-0.2, 0) is 0 Å². The minimum atomic E-state index is -0.0439. The highest BCUT2D eigenvalue weighted by Gasteiger charge is 2.41. The summed E-state index contributed by atoms with van der Waals surface area (Å²) in [6, 6.07) is 15.9. The van der Waals surface area contributed by atoms with Crippen molar-refractivity contribution >= 4 is 46.0 Å². The first-order valence-corrected chi connectivity index (χ1v) is 10.1. The minimum Gasteiger partial charge on any atom is -0.495 e. The van der Waals surface area contributed by atoms with E-state index in [2.05, 4.69) is 34.3 Å². The summed E-state index contributed by atoms with van der Waals surface area (Å²) in [5.41, 5.74) is 1.88. The fourth-order valence-corrected chi connectivity index (χ4v) is 4.94. The highest BCUT2D eigenvalue weighted by Crippen LogP contribution is 2.44.